The lowest BCUT2D eigenvalue weighted by molar-refractivity contribution is 0.0330. The van der Waals surface area contributed by atoms with Gasteiger partial charge in [0.05, 0.1) is 6.26 Å². The lowest BCUT2D eigenvalue weighted by Gasteiger charge is -2.13. The summed E-state index contributed by atoms with van der Waals surface area (Å²) in [5.41, 5.74) is 0.941. The van der Waals surface area contributed by atoms with Crippen molar-refractivity contribution in [2.24, 2.45) is 0 Å². The fraction of sp³-hybridized carbons (Fsp3) is 0.125. The fourth-order valence-corrected chi connectivity index (χ4v) is 2.03. The van der Waals surface area contributed by atoms with Gasteiger partial charge in [-0.3, -0.25) is 5.10 Å². The maximum Gasteiger partial charge on any atom is 0.356 e. The number of ether oxygens (including phenoxy) is 1. The van der Waals surface area contributed by atoms with Gasteiger partial charge in [0.25, 0.3) is 0 Å². The van der Waals surface area contributed by atoms with Gasteiger partial charge in [-0.2, -0.15) is 5.10 Å². The first-order valence-corrected chi connectivity index (χ1v) is 6.80. The Morgan fingerprint density at radius 2 is 2.09 bits per heavy atom. The summed E-state index contributed by atoms with van der Waals surface area (Å²) in [7, 11) is 0. The molecule has 3 rings (SSSR count). The summed E-state index contributed by atoms with van der Waals surface area (Å²) < 4.78 is 36.5. The van der Waals surface area contributed by atoms with E-state index in [4.69, 9.17) is 9.15 Å². The second-order valence-corrected chi connectivity index (χ2v) is 4.87. The Balaban J connectivity index is 1.72. The predicted molar refractivity (Wildman–Crippen MR) is 76.5 cm³/mol. The maximum atomic E-state index is 13.2. The first kappa shape index (κ1) is 15.0. The highest BCUT2D eigenvalue weighted by atomic mass is 19.2. The number of aromatic nitrogens is 2. The van der Waals surface area contributed by atoms with Crippen LogP contribution in [0.4, 0.5) is 8.78 Å². The van der Waals surface area contributed by atoms with Crippen LogP contribution >= 0.6 is 0 Å². The van der Waals surface area contributed by atoms with E-state index >= 15 is 0 Å². The predicted octanol–water partition coefficient (Wildman–Crippen LogP) is 3.87. The van der Waals surface area contributed by atoms with Crippen LogP contribution in [0.5, 0.6) is 0 Å². The molecule has 1 aromatic carbocycles. The summed E-state index contributed by atoms with van der Waals surface area (Å²) in [6.45, 7) is 1.56. The summed E-state index contributed by atoms with van der Waals surface area (Å²) >= 11 is 0. The number of H-pyrrole nitrogens is 1. The molecule has 5 nitrogen and oxygen atoms in total. The molecule has 0 saturated carbocycles. The van der Waals surface area contributed by atoms with Crippen molar-refractivity contribution in [3.8, 4) is 11.5 Å². The maximum absolute atomic E-state index is 13.2. The Bertz CT molecular complexity index is 828. The van der Waals surface area contributed by atoms with Gasteiger partial charge in [0.15, 0.2) is 17.4 Å². The molecule has 7 heteroatoms. The van der Waals surface area contributed by atoms with Crippen LogP contribution in [0.15, 0.2) is 47.1 Å². The highest BCUT2D eigenvalue weighted by Gasteiger charge is 2.18. The molecule has 0 fully saturated rings. The second kappa shape index (κ2) is 6.04. The zero-order chi connectivity index (χ0) is 16.4. The number of aromatic amines is 1. The lowest BCUT2D eigenvalue weighted by Crippen LogP contribution is -2.10. The van der Waals surface area contributed by atoms with Crippen LogP contribution in [0.25, 0.3) is 11.5 Å². The first-order chi connectivity index (χ1) is 11.0. The average molecular weight is 318 g/mol. The molecule has 0 aliphatic heterocycles. The van der Waals surface area contributed by atoms with Crippen molar-refractivity contribution in [1.82, 2.24) is 10.2 Å². The van der Waals surface area contributed by atoms with Crippen molar-refractivity contribution >= 4 is 5.97 Å². The van der Waals surface area contributed by atoms with Gasteiger partial charge in [0.2, 0.25) is 0 Å². The monoisotopic (exact) mass is 318 g/mol. The van der Waals surface area contributed by atoms with Crippen molar-refractivity contribution in [2.45, 2.75) is 13.0 Å². The highest BCUT2D eigenvalue weighted by molar-refractivity contribution is 5.88. The van der Waals surface area contributed by atoms with Gasteiger partial charge in [-0.25, -0.2) is 13.6 Å². The largest absolute Gasteiger partial charge is 0.463 e. The van der Waals surface area contributed by atoms with Gasteiger partial charge in [0.1, 0.15) is 17.5 Å². The number of furan rings is 1. The Hall–Kier alpha value is -2.96. The lowest BCUT2D eigenvalue weighted by atomic mass is 10.1. The van der Waals surface area contributed by atoms with Gasteiger partial charge in [-0.1, -0.05) is 6.07 Å². The van der Waals surface area contributed by atoms with Crippen LogP contribution < -0.4 is 0 Å². The standard InChI is InChI=1S/C16H12F2N2O3/c1-9(10-4-5-11(17)12(18)7-10)23-16(21)14-8-13(19-20-14)15-3-2-6-22-15/h2-9H,1H3,(H,19,20)/t9-/m0/s1. The molecule has 0 saturated heterocycles. The molecule has 0 unspecified atom stereocenters. The minimum Gasteiger partial charge on any atom is -0.463 e. The van der Waals surface area contributed by atoms with E-state index in [0.717, 1.165) is 12.1 Å². The molecule has 1 atom stereocenters. The number of nitrogens with one attached hydrogen (secondary N) is 1. The van der Waals surface area contributed by atoms with E-state index < -0.39 is 23.7 Å². The average Bonchev–Trinajstić information content (AvgIpc) is 3.20. The van der Waals surface area contributed by atoms with Crippen molar-refractivity contribution in [3.63, 3.8) is 0 Å². The summed E-state index contributed by atoms with van der Waals surface area (Å²) in [6.07, 6.45) is 0.751. The van der Waals surface area contributed by atoms with Crippen molar-refractivity contribution in [1.29, 1.82) is 0 Å². The van der Waals surface area contributed by atoms with Gasteiger partial charge >= 0.3 is 5.97 Å². The van der Waals surface area contributed by atoms with Gasteiger partial charge < -0.3 is 9.15 Å². The number of halogens is 2. The normalized spacial score (nSPS) is 12.1. The van der Waals surface area contributed by atoms with E-state index in [2.05, 4.69) is 10.2 Å². The van der Waals surface area contributed by atoms with E-state index in [1.807, 2.05) is 0 Å². The van der Waals surface area contributed by atoms with E-state index in [0.29, 0.717) is 17.0 Å². The molecule has 23 heavy (non-hydrogen) atoms. The number of hydrogen-bond donors (Lipinski definition) is 1. The molecular weight excluding hydrogens is 306 g/mol. The zero-order valence-electron chi connectivity index (χ0n) is 12.0. The molecule has 0 bridgehead atoms. The molecular formula is C16H12F2N2O3. The Morgan fingerprint density at radius 3 is 2.78 bits per heavy atom. The van der Waals surface area contributed by atoms with Crippen LogP contribution in [0.1, 0.15) is 29.1 Å². The number of carbonyl (C=O) groups excluding carboxylic acids is 1. The molecule has 0 spiro atoms. The van der Waals surface area contributed by atoms with E-state index in [-0.39, 0.29) is 5.69 Å². The van der Waals surface area contributed by atoms with Gasteiger partial charge in [-0.05, 0) is 36.8 Å². The minimum atomic E-state index is -0.993. The van der Waals surface area contributed by atoms with Gasteiger partial charge in [-0.15, -0.1) is 0 Å². The second-order valence-electron chi connectivity index (χ2n) is 4.87. The third-order valence-corrected chi connectivity index (χ3v) is 3.27. The van der Waals surface area contributed by atoms with Crippen LogP contribution in [0.3, 0.4) is 0 Å². The summed E-state index contributed by atoms with van der Waals surface area (Å²) in [6, 6.07) is 8.23. The number of esters is 1. The van der Waals surface area contributed by atoms with Crippen LogP contribution in [-0.4, -0.2) is 16.2 Å². The van der Waals surface area contributed by atoms with Crippen LogP contribution in [-0.2, 0) is 4.74 Å². The van der Waals surface area contributed by atoms with Crippen LogP contribution in [0.2, 0.25) is 0 Å². The van der Waals surface area contributed by atoms with Gasteiger partial charge in [0, 0.05) is 6.07 Å². The number of rotatable bonds is 4. The van der Waals surface area contributed by atoms with Crippen molar-refractivity contribution in [3.05, 3.63) is 65.6 Å². The highest BCUT2D eigenvalue weighted by Crippen LogP contribution is 2.22. The smallest absolute Gasteiger partial charge is 0.356 e. The van der Waals surface area contributed by atoms with E-state index in [1.165, 1.54) is 18.4 Å². The minimum absolute atomic E-state index is 0.130. The molecule has 3 aromatic rings. The Morgan fingerprint density at radius 1 is 1.26 bits per heavy atom. The van der Waals surface area contributed by atoms with E-state index in [9.17, 15) is 13.6 Å². The van der Waals surface area contributed by atoms with Crippen molar-refractivity contribution in [2.75, 3.05) is 0 Å². The quantitative estimate of drug-likeness (QED) is 0.742. The summed E-state index contributed by atoms with van der Waals surface area (Å²) in [5.74, 6) is -2.10. The summed E-state index contributed by atoms with van der Waals surface area (Å²) in [4.78, 5) is 12.1. The Labute approximate surface area is 129 Å². The zero-order valence-corrected chi connectivity index (χ0v) is 12.0. The molecule has 0 aliphatic rings. The molecule has 0 radical (unpaired) electrons. The molecule has 0 aliphatic carbocycles. The number of nitrogens with zero attached hydrogens (tertiary/aromatic N) is 1. The van der Waals surface area contributed by atoms with Crippen LogP contribution in [0, 0.1) is 11.6 Å². The molecule has 118 valence electrons. The fourth-order valence-electron chi connectivity index (χ4n) is 2.03. The molecule has 0 amide bonds. The number of benzene rings is 1. The third kappa shape index (κ3) is 3.13. The first-order valence-electron chi connectivity index (χ1n) is 6.80. The van der Waals surface area contributed by atoms with Crippen molar-refractivity contribution < 1.29 is 22.7 Å². The molecule has 2 heterocycles. The topological polar surface area (TPSA) is 68.1 Å². The molecule has 1 N–H and O–H groups in total. The Kier molecular flexibility index (Phi) is 3.92. The number of carbonyl (C=O) groups is 1. The number of hydrogen-bond acceptors (Lipinski definition) is 4. The van der Waals surface area contributed by atoms with E-state index in [1.54, 1.807) is 19.1 Å². The third-order valence-electron chi connectivity index (χ3n) is 3.27. The summed E-state index contributed by atoms with van der Waals surface area (Å²) in [5, 5.41) is 6.51. The molecule has 2 aromatic heterocycles. The SMILES string of the molecule is C[C@H](OC(=O)c1cc(-c2ccco2)n[nH]1)c1ccc(F)c(F)c1.